The first kappa shape index (κ1) is 13.4. The quantitative estimate of drug-likeness (QED) is 0.807. The number of aromatic nitrogens is 1. The molecule has 0 saturated heterocycles. The van der Waals surface area contributed by atoms with Crippen LogP contribution in [0.25, 0.3) is 0 Å². The molecule has 0 bridgehead atoms. The fourth-order valence-electron chi connectivity index (χ4n) is 2.53. The predicted molar refractivity (Wildman–Crippen MR) is 84.3 cm³/mol. The summed E-state index contributed by atoms with van der Waals surface area (Å²) in [7, 11) is 0. The summed E-state index contributed by atoms with van der Waals surface area (Å²) in [6, 6.07) is 13.1. The van der Waals surface area contributed by atoms with Crippen molar-refractivity contribution in [2.24, 2.45) is 5.92 Å². The highest BCUT2D eigenvalue weighted by Crippen LogP contribution is 2.43. The number of nitrogens with zero attached hydrogens (tertiary/aromatic N) is 1. The average molecular weight is 287 g/mol. The molecule has 0 aliphatic heterocycles. The van der Waals surface area contributed by atoms with Crippen molar-refractivity contribution >= 4 is 17.3 Å². The van der Waals surface area contributed by atoms with E-state index in [9.17, 15) is 0 Å². The predicted octanol–water partition coefficient (Wildman–Crippen LogP) is 4.92. The Morgan fingerprint density at radius 1 is 1.10 bits per heavy atom. The molecular weight excluding hydrogens is 268 g/mol. The van der Waals surface area contributed by atoms with Crippen molar-refractivity contribution in [2.45, 2.75) is 32.7 Å². The van der Waals surface area contributed by atoms with Crippen LogP contribution in [-0.2, 0) is 0 Å². The first-order valence-corrected chi connectivity index (χ1v) is 7.47. The van der Waals surface area contributed by atoms with Gasteiger partial charge in [0.05, 0.1) is 17.4 Å². The van der Waals surface area contributed by atoms with Gasteiger partial charge in [0.25, 0.3) is 0 Å². The summed E-state index contributed by atoms with van der Waals surface area (Å²) < 4.78 is 0. The molecule has 0 amide bonds. The van der Waals surface area contributed by atoms with Crippen LogP contribution in [0.1, 0.15) is 35.7 Å². The van der Waals surface area contributed by atoms with Crippen molar-refractivity contribution in [1.82, 2.24) is 4.98 Å². The van der Waals surface area contributed by atoms with Crippen molar-refractivity contribution in [2.75, 3.05) is 5.32 Å². The van der Waals surface area contributed by atoms with E-state index < -0.39 is 0 Å². The van der Waals surface area contributed by atoms with E-state index >= 15 is 0 Å². The van der Waals surface area contributed by atoms with Crippen LogP contribution in [0.4, 0.5) is 5.69 Å². The van der Waals surface area contributed by atoms with Gasteiger partial charge in [-0.25, -0.2) is 4.98 Å². The van der Waals surface area contributed by atoms with Crippen LogP contribution < -0.4 is 5.32 Å². The van der Waals surface area contributed by atoms with E-state index in [4.69, 9.17) is 11.6 Å². The second-order valence-corrected chi connectivity index (χ2v) is 6.02. The topological polar surface area (TPSA) is 24.9 Å². The fourth-order valence-corrected chi connectivity index (χ4v) is 2.72. The second kappa shape index (κ2) is 5.45. The lowest BCUT2D eigenvalue weighted by Crippen LogP contribution is -2.14. The first-order valence-electron chi connectivity index (χ1n) is 7.10. The molecule has 2 nitrogen and oxygen atoms in total. The van der Waals surface area contributed by atoms with Gasteiger partial charge >= 0.3 is 0 Å². The summed E-state index contributed by atoms with van der Waals surface area (Å²) in [6.45, 7) is 4.11. The van der Waals surface area contributed by atoms with Crippen LogP contribution >= 0.6 is 11.6 Å². The van der Waals surface area contributed by atoms with Crippen LogP contribution in [0, 0.1) is 19.8 Å². The Bertz CT molecular complexity index is 603. The van der Waals surface area contributed by atoms with E-state index in [0.29, 0.717) is 11.2 Å². The number of rotatable bonds is 4. The molecule has 3 heteroatoms. The monoisotopic (exact) mass is 286 g/mol. The van der Waals surface area contributed by atoms with Crippen LogP contribution in [0.3, 0.4) is 0 Å². The standard InChI is InChI=1S/C17H19ClN2/c1-11-3-5-13(6-4-11)17(14-7-8-14)20-15-9-10-16(18)19-12(15)2/h3-6,9-10,14,17,20H,7-8H2,1-2H3. The average Bonchev–Trinajstić information content (AvgIpc) is 3.24. The van der Waals surface area contributed by atoms with Gasteiger partial charge in [0.15, 0.2) is 0 Å². The van der Waals surface area contributed by atoms with E-state index in [0.717, 1.165) is 17.3 Å². The molecule has 1 heterocycles. The molecule has 1 aromatic carbocycles. The van der Waals surface area contributed by atoms with Crippen molar-refractivity contribution in [3.8, 4) is 0 Å². The molecule has 1 atom stereocenters. The van der Waals surface area contributed by atoms with Gasteiger partial charge in [0.2, 0.25) is 0 Å². The molecule has 1 N–H and O–H groups in total. The van der Waals surface area contributed by atoms with Crippen molar-refractivity contribution in [3.05, 3.63) is 58.4 Å². The molecule has 1 aromatic heterocycles. The molecule has 1 unspecified atom stereocenters. The van der Waals surface area contributed by atoms with Crippen LogP contribution in [0.2, 0.25) is 5.15 Å². The lowest BCUT2D eigenvalue weighted by atomic mass is 10.0. The molecule has 0 spiro atoms. The Morgan fingerprint density at radius 3 is 2.40 bits per heavy atom. The number of halogens is 1. The number of anilines is 1. The molecule has 3 rings (SSSR count). The molecule has 1 fully saturated rings. The first-order chi connectivity index (χ1) is 9.63. The van der Waals surface area contributed by atoms with Crippen molar-refractivity contribution in [1.29, 1.82) is 0 Å². The number of nitrogens with one attached hydrogen (secondary N) is 1. The van der Waals surface area contributed by atoms with Gasteiger partial charge < -0.3 is 5.32 Å². The number of pyridine rings is 1. The fraction of sp³-hybridized carbons (Fsp3) is 0.353. The largest absolute Gasteiger partial charge is 0.376 e. The minimum atomic E-state index is 0.372. The Labute approximate surface area is 125 Å². The van der Waals surface area contributed by atoms with Crippen molar-refractivity contribution < 1.29 is 0 Å². The Balaban J connectivity index is 1.86. The zero-order chi connectivity index (χ0) is 14.1. The van der Waals surface area contributed by atoms with Gasteiger partial charge in [0, 0.05) is 0 Å². The smallest absolute Gasteiger partial charge is 0.129 e. The number of benzene rings is 1. The molecule has 104 valence electrons. The number of aryl methyl sites for hydroxylation is 2. The Kier molecular flexibility index (Phi) is 3.66. The highest BCUT2D eigenvalue weighted by Gasteiger charge is 2.32. The minimum Gasteiger partial charge on any atom is -0.376 e. The molecule has 20 heavy (non-hydrogen) atoms. The second-order valence-electron chi connectivity index (χ2n) is 5.64. The summed E-state index contributed by atoms with van der Waals surface area (Å²) in [5, 5.41) is 4.20. The molecule has 1 aliphatic carbocycles. The summed E-state index contributed by atoms with van der Waals surface area (Å²) >= 11 is 5.92. The van der Waals surface area contributed by atoms with Gasteiger partial charge in [-0.3, -0.25) is 0 Å². The summed E-state index contributed by atoms with van der Waals surface area (Å²) in [4.78, 5) is 4.32. The summed E-state index contributed by atoms with van der Waals surface area (Å²) in [5.41, 5.74) is 4.68. The van der Waals surface area contributed by atoms with Crippen LogP contribution in [-0.4, -0.2) is 4.98 Å². The molecule has 1 aliphatic rings. The van der Waals surface area contributed by atoms with Gasteiger partial charge in [-0.2, -0.15) is 0 Å². The van der Waals surface area contributed by atoms with Gasteiger partial charge in [-0.1, -0.05) is 41.4 Å². The molecule has 2 aromatic rings. The van der Waals surface area contributed by atoms with Crippen molar-refractivity contribution in [3.63, 3.8) is 0 Å². The maximum absolute atomic E-state index is 5.92. The van der Waals surface area contributed by atoms with E-state index in [1.807, 2.05) is 19.1 Å². The zero-order valence-electron chi connectivity index (χ0n) is 11.9. The minimum absolute atomic E-state index is 0.372. The zero-order valence-corrected chi connectivity index (χ0v) is 12.6. The van der Waals surface area contributed by atoms with E-state index in [1.54, 1.807) is 0 Å². The van der Waals surface area contributed by atoms with E-state index in [2.05, 4.69) is 41.5 Å². The molecular formula is C17H19ClN2. The third-order valence-electron chi connectivity index (χ3n) is 3.89. The molecule has 0 radical (unpaired) electrons. The number of hydrogen-bond donors (Lipinski definition) is 1. The lowest BCUT2D eigenvalue weighted by Gasteiger charge is -2.21. The Hall–Kier alpha value is -1.54. The summed E-state index contributed by atoms with van der Waals surface area (Å²) in [5.74, 6) is 0.729. The highest BCUT2D eigenvalue weighted by molar-refractivity contribution is 6.29. The SMILES string of the molecule is Cc1ccc(C(Nc2ccc(Cl)nc2C)C2CC2)cc1. The lowest BCUT2D eigenvalue weighted by molar-refractivity contribution is 0.677. The van der Waals surface area contributed by atoms with E-state index in [-0.39, 0.29) is 0 Å². The van der Waals surface area contributed by atoms with Gasteiger partial charge in [0.1, 0.15) is 5.15 Å². The normalized spacial score (nSPS) is 15.9. The maximum atomic E-state index is 5.92. The maximum Gasteiger partial charge on any atom is 0.129 e. The highest BCUT2D eigenvalue weighted by atomic mass is 35.5. The Morgan fingerprint density at radius 2 is 1.80 bits per heavy atom. The third-order valence-corrected chi connectivity index (χ3v) is 4.10. The van der Waals surface area contributed by atoms with Gasteiger partial charge in [-0.15, -0.1) is 0 Å². The molecule has 1 saturated carbocycles. The van der Waals surface area contributed by atoms with Crippen LogP contribution in [0.5, 0.6) is 0 Å². The number of hydrogen-bond acceptors (Lipinski definition) is 2. The third kappa shape index (κ3) is 2.96. The van der Waals surface area contributed by atoms with Crippen LogP contribution in [0.15, 0.2) is 36.4 Å². The summed E-state index contributed by atoms with van der Waals surface area (Å²) in [6.07, 6.45) is 2.59. The van der Waals surface area contributed by atoms with Gasteiger partial charge in [-0.05, 0) is 50.3 Å². The van der Waals surface area contributed by atoms with E-state index in [1.165, 1.54) is 24.0 Å².